The number of aromatic amines is 1. The van der Waals surface area contributed by atoms with Gasteiger partial charge in [0.05, 0.1) is 12.5 Å². The molecule has 0 unspecified atom stereocenters. The number of hydrogen-bond donors (Lipinski definition) is 2. The molecule has 0 saturated heterocycles. The highest BCUT2D eigenvalue weighted by Gasteiger charge is 2.30. The lowest BCUT2D eigenvalue weighted by Gasteiger charge is -2.17. The lowest BCUT2D eigenvalue weighted by molar-refractivity contribution is -0.138. The Morgan fingerprint density at radius 3 is 2.67 bits per heavy atom. The normalized spacial score (nSPS) is 11.7. The molecule has 0 spiro atoms. The van der Waals surface area contributed by atoms with Gasteiger partial charge in [0.1, 0.15) is 15.3 Å². The highest BCUT2D eigenvalue weighted by atomic mass is 32.2. The molecule has 142 valence electrons. The van der Waals surface area contributed by atoms with E-state index in [1.165, 1.54) is 11.3 Å². The van der Waals surface area contributed by atoms with Crippen LogP contribution in [0.1, 0.15) is 24.3 Å². The Kier molecular flexibility index (Phi) is 5.05. The van der Waals surface area contributed by atoms with Crippen LogP contribution in [-0.4, -0.2) is 32.9 Å². The molecule has 3 rings (SSSR count). The van der Waals surface area contributed by atoms with E-state index in [2.05, 4.69) is 9.97 Å². The molecule has 2 N–H and O–H groups in total. The van der Waals surface area contributed by atoms with Crippen LogP contribution in [0.25, 0.3) is 21.3 Å². The number of thioether (sulfide) groups is 1. The topological polar surface area (TPSA) is 92.3 Å². The molecular formula is C19H20N2O4S2. The maximum Gasteiger partial charge on any atom is 0.319 e. The van der Waals surface area contributed by atoms with Crippen molar-refractivity contribution in [3.63, 3.8) is 0 Å². The van der Waals surface area contributed by atoms with Gasteiger partial charge in [0, 0.05) is 16.0 Å². The van der Waals surface area contributed by atoms with Gasteiger partial charge in [-0.2, -0.15) is 0 Å². The predicted octanol–water partition coefficient (Wildman–Crippen LogP) is 4.23. The molecule has 2 aromatic heterocycles. The number of aryl methyl sites for hydroxylation is 2. The van der Waals surface area contributed by atoms with Gasteiger partial charge < -0.3 is 14.8 Å². The minimum Gasteiger partial charge on any atom is -0.496 e. The summed E-state index contributed by atoms with van der Waals surface area (Å²) in [5, 5.41) is 10.1. The Morgan fingerprint density at radius 2 is 2.04 bits per heavy atom. The summed E-state index contributed by atoms with van der Waals surface area (Å²) in [7, 11) is 1.60. The van der Waals surface area contributed by atoms with Crippen LogP contribution in [0.4, 0.5) is 0 Å². The van der Waals surface area contributed by atoms with E-state index in [0.29, 0.717) is 21.1 Å². The number of rotatable bonds is 5. The van der Waals surface area contributed by atoms with Gasteiger partial charge in [0.2, 0.25) is 0 Å². The molecular weight excluding hydrogens is 384 g/mol. The largest absolute Gasteiger partial charge is 0.496 e. The first kappa shape index (κ1) is 19.4. The first-order valence-corrected chi connectivity index (χ1v) is 9.88. The first-order valence-electron chi connectivity index (χ1n) is 8.25. The number of thiophene rings is 1. The van der Waals surface area contributed by atoms with E-state index in [-0.39, 0.29) is 5.56 Å². The molecule has 6 nitrogen and oxygen atoms in total. The summed E-state index contributed by atoms with van der Waals surface area (Å²) in [4.78, 5) is 33.0. The number of hydrogen-bond acceptors (Lipinski definition) is 6. The fourth-order valence-electron chi connectivity index (χ4n) is 2.77. The van der Waals surface area contributed by atoms with Crippen LogP contribution in [0.5, 0.6) is 5.75 Å². The average molecular weight is 405 g/mol. The zero-order chi connectivity index (χ0) is 19.9. The van der Waals surface area contributed by atoms with Crippen molar-refractivity contribution in [2.75, 3.05) is 7.11 Å². The van der Waals surface area contributed by atoms with Crippen molar-refractivity contribution in [3.8, 4) is 16.9 Å². The number of ether oxygens (including phenoxy) is 1. The molecule has 0 atom stereocenters. The Hall–Kier alpha value is -2.32. The summed E-state index contributed by atoms with van der Waals surface area (Å²) >= 11 is 2.43. The molecule has 1 aromatic carbocycles. The van der Waals surface area contributed by atoms with Crippen LogP contribution in [-0.2, 0) is 4.79 Å². The second-order valence-corrected chi connectivity index (χ2v) is 9.52. The van der Waals surface area contributed by atoms with Gasteiger partial charge >= 0.3 is 5.97 Å². The van der Waals surface area contributed by atoms with Crippen LogP contribution >= 0.6 is 23.1 Å². The minimum absolute atomic E-state index is 0.286. The molecule has 27 heavy (non-hydrogen) atoms. The molecule has 0 aliphatic rings. The van der Waals surface area contributed by atoms with Gasteiger partial charge in [-0.1, -0.05) is 23.4 Å². The summed E-state index contributed by atoms with van der Waals surface area (Å²) in [6.07, 6.45) is 0. The fraction of sp³-hybridized carbons (Fsp3) is 0.316. The van der Waals surface area contributed by atoms with Crippen molar-refractivity contribution in [3.05, 3.63) is 39.0 Å². The van der Waals surface area contributed by atoms with Crippen molar-refractivity contribution >= 4 is 39.3 Å². The van der Waals surface area contributed by atoms with E-state index in [1.807, 2.05) is 32.0 Å². The fourth-order valence-corrected chi connectivity index (χ4v) is 4.72. The van der Waals surface area contributed by atoms with Gasteiger partial charge in [-0.15, -0.1) is 11.3 Å². The van der Waals surface area contributed by atoms with Crippen LogP contribution in [0, 0.1) is 13.8 Å². The lowest BCUT2D eigenvalue weighted by atomic mass is 10.0. The van der Waals surface area contributed by atoms with Crippen molar-refractivity contribution in [1.82, 2.24) is 9.97 Å². The molecule has 0 amide bonds. The molecule has 8 heteroatoms. The zero-order valence-corrected chi connectivity index (χ0v) is 17.3. The van der Waals surface area contributed by atoms with Crippen molar-refractivity contribution < 1.29 is 14.6 Å². The molecule has 3 aromatic rings. The van der Waals surface area contributed by atoms with Crippen LogP contribution in [0.3, 0.4) is 0 Å². The summed E-state index contributed by atoms with van der Waals surface area (Å²) < 4.78 is 4.39. The molecule has 0 aliphatic carbocycles. The van der Waals surface area contributed by atoms with E-state index < -0.39 is 10.7 Å². The number of carboxylic acids is 1. The maximum absolute atomic E-state index is 12.9. The molecule has 0 aliphatic heterocycles. The molecule has 0 bridgehead atoms. The highest BCUT2D eigenvalue weighted by molar-refractivity contribution is 8.01. The van der Waals surface area contributed by atoms with Crippen LogP contribution in [0.2, 0.25) is 0 Å². The first-order chi connectivity index (χ1) is 12.6. The van der Waals surface area contributed by atoms with Crippen molar-refractivity contribution in [2.45, 2.75) is 37.6 Å². The number of carbonyl (C=O) groups is 1. The van der Waals surface area contributed by atoms with Crippen LogP contribution in [0.15, 0.2) is 28.2 Å². The summed E-state index contributed by atoms with van der Waals surface area (Å²) in [6.45, 7) is 7.08. The Labute approximate surface area is 164 Å². The number of methoxy groups -OCH3 is 1. The van der Waals surface area contributed by atoms with Gasteiger partial charge in [-0.05, 0) is 39.8 Å². The number of nitrogens with zero attached hydrogens (tertiary/aromatic N) is 1. The van der Waals surface area contributed by atoms with E-state index in [4.69, 9.17) is 4.74 Å². The van der Waals surface area contributed by atoms with Gasteiger partial charge in [-0.25, -0.2) is 4.98 Å². The smallest absolute Gasteiger partial charge is 0.319 e. The minimum atomic E-state index is -1.10. The number of aromatic nitrogens is 2. The summed E-state index contributed by atoms with van der Waals surface area (Å²) in [5.74, 6) is -0.281. The van der Waals surface area contributed by atoms with E-state index in [0.717, 1.165) is 33.3 Å². The molecule has 2 heterocycles. The van der Waals surface area contributed by atoms with Gasteiger partial charge in [0.25, 0.3) is 5.56 Å². The summed E-state index contributed by atoms with van der Waals surface area (Å²) in [6, 6.07) is 5.83. The molecule has 0 radical (unpaired) electrons. The number of aliphatic carboxylic acids is 1. The summed E-state index contributed by atoms with van der Waals surface area (Å²) in [5.41, 5.74) is 2.43. The number of carboxylic acid groups (broad SMARTS) is 1. The quantitative estimate of drug-likeness (QED) is 0.488. The Morgan fingerprint density at radius 1 is 1.33 bits per heavy atom. The lowest BCUT2D eigenvalue weighted by Crippen LogP contribution is -2.27. The number of benzene rings is 1. The maximum atomic E-state index is 12.9. The van der Waals surface area contributed by atoms with Crippen molar-refractivity contribution in [1.29, 1.82) is 0 Å². The second kappa shape index (κ2) is 7.01. The third-order valence-electron chi connectivity index (χ3n) is 4.21. The van der Waals surface area contributed by atoms with Crippen molar-refractivity contribution in [2.24, 2.45) is 0 Å². The second-order valence-electron chi connectivity index (χ2n) is 6.71. The Balaban J connectivity index is 2.21. The third-order valence-corrected chi connectivity index (χ3v) is 6.28. The van der Waals surface area contributed by atoms with Crippen LogP contribution < -0.4 is 10.3 Å². The van der Waals surface area contributed by atoms with E-state index >= 15 is 0 Å². The van der Waals surface area contributed by atoms with E-state index in [9.17, 15) is 14.7 Å². The molecule has 0 saturated carbocycles. The zero-order valence-electron chi connectivity index (χ0n) is 15.7. The third kappa shape index (κ3) is 3.59. The van der Waals surface area contributed by atoms with Gasteiger partial charge in [-0.3, -0.25) is 9.59 Å². The van der Waals surface area contributed by atoms with Gasteiger partial charge in [0.15, 0.2) is 5.16 Å². The SMILES string of the molecule is COc1ccc(C)cc1-c1c(C)sc2nc(SC(C)(C)C(=O)O)[nH]c(=O)c12. The monoisotopic (exact) mass is 404 g/mol. The standard InChI is InChI=1S/C19H20N2O4S2/c1-9-6-7-12(25-5)11(8-9)13-10(2)26-16-14(13)15(22)20-18(21-16)27-19(3,4)17(23)24/h6-8H,1-5H3,(H,23,24)(H,20,21,22). The predicted molar refractivity (Wildman–Crippen MR) is 109 cm³/mol. The average Bonchev–Trinajstić information content (AvgIpc) is 2.90. The Bertz CT molecular complexity index is 1100. The number of fused-ring (bicyclic) bond motifs is 1. The number of nitrogens with one attached hydrogen (secondary N) is 1. The molecule has 0 fully saturated rings. The number of H-pyrrole nitrogens is 1. The van der Waals surface area contributed by atoms with E-state index in [1.54, 1.807) is 21.0 Å². The highest BCUT2D eigenvalue weighted by Crippen LogP contribution is 2.41.